The molecule has 0 heterocycles. The van der Waals surface area contributed by atoms with E-state index in [1.807, 2.05) is 30.5 Å². The Bertz CT molecular complexity index is 716. The third kappa shape index (κ3) is 6.15. The number of ether oxygens (including phenoxy) is 2. The molecular weight excluding hydrogens is 338 g/mol. The van der Waals surface area contributed by atoms with E-state index in [2.05, 4.69) is 5.32 Å². The lowest BCUT2D eigenvalue weighted by Gasteiger charge is -2.09. The lowest BCUT2D eigenvalue weighted by molar-refractivity contribution is -0.145. The first kappa shape index (κ1) is 18.9. The molecule has 0 saturated heterocycles. The minimum Gasteiger partial charge on any atom is -0.482 e. The molecule has 0 aromatic heterocycles. The van der Waals surface area contributed by atoms with Crippen LogP contribution in [0.3, 0.4) is 0 Å². The Balaban J connectivity index is 1.96. The van der Waals surface area contributed by atoms with Crippen molar-refractivity contribution in [2.75, 3.05) is 24.8 Å². The quantitative estimate of drug-likeness (QED) is 0.727. The van der Waals surface area contributed by atoms with Gasteiger partial charge in [-0.25, -0.2) is 4.79 Å². The van der Waals surface area contributed by atoms with Crippen molar-refractivity contribution in [3.05, 3.63) is 59.7 Å². The van der Waals surface area contributed by atoms with Gasteiger partial charge >= 0.3 is 5.97 Å². The molecule has 25 heavy (non-hydrogen) atoms. The Morgan fingerprint density at radius 2 is 1.88 bits per heavy atom. The molecule has 0 radical (unpaired) electrons. The smallest absolute Gasteiger partial charge is 0.344 e. The van der Waals surface area contributed by atoms with Crippen LogP contribution in [0.4, 0.5) is 5.69 Å². The number of hydrogen-bond acceptors (Lipinski definition) is 5. The van der Waals surface area contributed by atoms with E-state index in [4.69, 9.17) is 9.47 Å². The average molecular weight is 359 g/mol. The van der Waals surface area contributed by atoms with Gasteiger partial charge in [-0.2, -0.15) is 11.8 Å². The van der Waals surface area contributed by atoms with Crippen LogP contribution in [0.1, 0.15) is 22.8 Å². The zero-order chi connectivity index (χ0) is 18.1. The molecular formula is C19H21NO4S. The maximum Gasteiger partial charge on any atom is 0.344 e. The van der Waals surface area contributed by atoms with Crippen LogP contribution in [0.15, 0.2) is 48.5 Å². The second-order valence-corrected chi connectivity index (χ2v) is 6.07. The second-order valence-electron chi connectivity index (χ2n) is 5.21. The van der Waals surface area contributed by atoms with E-state index < -0.39 is 5.97 Å². The number of carbonyl (C=O) groups is 2. The Kier molecular flexibility index (Phi) is 7.35. The largest absolute Gasteiger partial charge is 0.482 e. The van der Waals surface area contributed by atoms with Crippen LogP contribution < -0.4 is 10.1 Å². The monoisotopic (exact) mass is 359 g/mol. The van der Waals surface area contributed by atoms with Crippen LogP contribution >= 0.6 is 11.8 Å². The fourth-order valence-electron chi connectivity index (χ4n) is 2.13. The van der Waals surface area contributed by atoms with Gasteiger partial charge in [0.05, 0.1) is 6.61 Å². The summed E-state index contributed by atoms with van der Waals surface area (Å²) in [5.74, 6) is 0.781. The Morgan fingerprint density at radius 3 is 2.56 bits per heavy atom. The SMILES string of the molecule is CCOC(=O)COc1cccc(NC(=O)c2ccc(CSC)cc2)c1. The predicted octanol–water partition coefficient (Wildman–Crippen LogP) is 3.74. The van der Waals surface area contributed by atoms with E-state index in [1.165, 1.54) is 5.56 Å². The predicted molar refractivity (Wildman–Crippen MR) is 100 cm³/mol. The van der Waals surface area contributed by atoms with Crippen molar-refractivity contribution in [2.24, 2.45) is 0 Å². The van der Waals surface area contributed by atoms with Gasteiger partial charge < -0.3 is 14.8 Å². The van der Waals surface area contributed by atoms with E-state index in [0.717, 1.165) is 5.75 Å². The number of hydrogen-bond donors (Lipinski definition) is 1. The third-order valence-electron chi connectivity index (χ3n) is 3.28. The van der Waals surface area contributed by atoms with Crippen LogP contribution in [0.5, 0.6) is 5.75 Å². The van der Waals surface area contributed by atoms with E-state index in [1.54, 1.807) is 43.0 Å². The van der Waals surface area contributed by atoms with Crippen molar-refractivity contribution in [1.82, 2.24) is 0 Å². The normalized spacial score (nSPS) is 10.2. The highest BCUT2D eigenvalue weighted by Crippen LogP contribution is 2.18. The highest BCUT2D eigenvalue weighted by molar-refractivity contribution is 7.97. The van der Waals surface area contributed by atoms with Gasteiger partial charge in [-0.1, -0.05) is 18.2 Å². The number of carbonyl (C=O) groups excluding carboxylic acids is 2. The van der Waals surface area contributed by atoms with Crippen LogP contribution in [0.25, 0.3) is 0 Å². The first-order valence-corrected chi connectivity index (χ1v) is 9.29. The molecule has 5 nitrogen and oxygen atoms in total. The van der Waals surface area contributed by atoms with Crippen molar-refractivity contribution < 1.29 is 19.1 Å². The molecule has 6 heteroatoms. The summed E-state index contributed by atoms with van der Waals surface area (Å²) in [6.45, 7) is 1.89. The first-order valence-electron chi connectivity index (χ1n) is 7.90. The maximum absolute atomic E-state index is 12.3. The molecule has 0 fully saturated rings. The van der Waals surface area contributed by atoms with Crippen molar-refractivity contribution >= 4 is 29.3 Å². The van der Waals surface area contributed by atoms with Gasteiger partial charge in [-0.3, -0.25) is 4.79 Å². The first-order chi connectivity index (χ1) is 12.1. The molecule has 0 aliphatic heterocycles. The van der Waals surface area contributed by atoms with Crippen molar-refractivity contribution in [3.63, 3.8) is 0 Å². The number of esters is 1. The van der Waals surface area contributed by atoms with Gasteiger partial charge in [0.15, 0.2) is 6.61 Å². The zero-order valence-corrected chi connectivity index (χ0v) is 15.1. The van der Waals surface area contributed by atoms with Gasteiger partial charge in [-0.05, 0) is 43.0 Å². The van der Waals surface area contributed by atoms with Crippen LogP contribution in [0, 0.1) is 0 Å². The fourth-order valence-corrected chi connectivity index (χ4v) is 2.66. The molecule has 0 unspecified atom stereocenters. The number of thioether (sulfide) groups is 1. The van der Waals surface area contributed by atoms with Crippen LogP contribution in [-0.2, 0) is 15.3 Å². The molecule has 0 saturated carbocycles. The van der Waals surface area contributed by atoms with Crippen LogP contribution in [-0.4, -0.2) is 31.3 Å². The summed E-state index contributed by atoms with van der Waals surface area (Å²) in [5, 5.41) is 2.82. The number of nitrogens with one attached hydrogen (secondary N) is 1. The summed E-state index contributed by atoms with van der Waals surface area (Å²) < 4.78 is 10.2. The highest BCUT2D eigenvalue weighted by Gasteiger charge is 2.08. The molecule has 1 N–H and O–H groups in total. The summed E-state index contributed by atoms with van der Waals surface area (Å²) in [4.78, 5) is 23.6. The van der Waals surface area contributed by atoms with Crippen molar-refractivity contribution in [3.8, 4) is 5.75 Å². The number of amides is 1. The van der Waals surface area contributed by atoms with Gasteiger partial charge in [0.25, 0.3) is 5.91 Å². The Labute approximate surface area is 151 Å². The maximum atomic E-state index is 12.3. The number of anilines is 1. The summed E-state index contributed by atoms with van der Waals surface area (Å²) in [6, 6.07) is 14.4. The minimum atomic E-state index is -0.428. The summed E-state index contributed by atoms with van der Waals surface area (Å²) in [6.07, 6.45) is 2.04. The summed E-state index contributed by atoms with van der Waals surface area (Å²) in [7, 11) is 0. The van der Waals surface area contributed by atoms with Crippen molar-refractivity contribution in [2.45, 2.75) is 12.7 Å². The molecule has 2 aromatic rings. The molecule has 0 atom stereocenters. The lowest BCUT2D eigenvalue weighted by Crippen LogP contribution is -2.15. The fraction of sp³-hybridized carbons (Fsp3) is 0.263. The molecule has 0 aliphatic carbocycles. The van der Waals surface area contributed by atoms with Crippen molar-refractivity contribution in [1.29, 1.82) is 0 Å². The molecule has 2 rings (SSSR count). The third-order valence-corrected chi connectivity index (χ3v) is 3.90. The molecule has 132 valence electrons. The van der Waals surface area contributed by atoms with E-state index in [9.17, 15) is 9.59 Å². The molecule has 0 aliphatic rings. The lowest BCUT2D eigenvalue weighted by atomic mass is 10.1. The Hall–Kier alpha value is -2.47. The van der Waals surface area contributed by atoms with Gasteiger partial charge in [0, 0.05) is 23.1 Å². The molecule has 0 bridgehead atoms. The topological polar surface area (TPSA) is 64.6 Å². The van der Waals surface area contributed by atoms with Gasteiger partial charge in [0.2, 0.25) is 0 Å². The van der Waals surface area contributed by atoms with Gasteiger partial charge in [0.1, 0.15) is 5.75 Å². The van der Waals surface area contributed by atoms with Crippen LogP contribution in [0.2, 0.25) is 0 Å². The number of benzene rings is 2. The van der Waals surface area contributed by atoms with E-state index in [-0.39, 0.29) is 12.5 Å². The zero-order valence-electron chi connectivity index (χ0n) is 14.3. The standard InChI is InChI=1S/C19H21NO4S/c1-3-23-18(21)12-24-17-6-4-5-16(11-17)20-19(22)15-9-7-14(8-10-15)13-25-2/h4-11H,3,12-13H2,1-2H3,(H,20,22). The highest BCUT2D eigenvalue weighted by atomic mass is 32.2. The average Bonchev–Trinajstić information content (AvgIpc) is 2.61. The molecule has 2 aromatic carbocycles. The summed E-state index contributed by atoms with van der Waals surface area (Å²) >= 11 is 1.74. The minimum absolute atomic E-state index is 0.165. The molecule has 0 spiro atoms. The molecule has 1 amide bonds. The Morgan fingerprint density at radius 1 is 1.12 bits per heavy atom. The number of rotatable bonds is 8. The van der Waals surface area contributed by atoms with E-state index in [0.29, 0.717) is 23.6 Å². The second kappa shape index (κ2) is 9.74. The van der Waals surface area contributed by atoms with Gasteiger partial charge in [-0.15, -0.1) is 0 Å². The van der Waals surface area contributed by atoms with E-state index >= 15 is 0 Å². The summed E-state index contributed by atoms with van der Waals surface area (Å²) in [5.41, 5.74) is 2.36.